The van der Waals surface area contributed by atoms with Crippen LogP contribution in [-0.4, -0.2) is 16.5 Å². The molecule has 0 aliphatic carbocycles. The van der Waals surface area contributed by atoms with E-state index in [1.165, 1.54) is 22.9 Å². The minimum Gasteiger partial charge on any atom is -0.310 e. The second-order valence-corrected chi connectivity index (χ2v) is 8.73. The first-order valence-electron chi connectivity index (χ1n) is 10.4. The van der Waals surface area contributed by atoms with Crippen molar-refractivity contribution in [3.05, 3.63) is 99.5 Å². The first-order valence-corrected chi connectivity index (χ1v) is 10.4. The standard InChI is InChI=1S/C25H28N4O3/c1-17-5-7-18(8-6-17)15-29-16-19(9-14-22(29)30)23(31)27-28-24(32)26-21-12-10-20(11-13-21)25(2,3)4/h5-14,16H,15H2,1-4H3,(H,27,31)(H2,26,28,32). The normalized spacial score (nSPS) is 11.0. The Balaban J connectivity index is 1.59. The quantitative estimate of drug-likeness (QED) is 0.545. The lowest BCUT2D eigenvalue weighted by molar-refractivity contribution is 0.0937. The lowest BCUT2D eigenvalue weighted by atomic mass is 9.87. The van der Waals surface area contributed by atoms with Crippen molar-refractivity contribution in [1.29, 1.82) is 0 Å². The van der Waals surface area contributed by atoms with Crippen molar-refractivity contribution in [2.24, 2.45) is 0 Å². The van der Waals surface area contributed by atoms with Gasteiger partial charge in [-0.2, -0.15) is 0 Å². The number of benzene rings is 2. The third-order valence-electron chi connectivity index (χ3n) is 5.02. The van der Waals surface area contributed by atoms with Crippen molar-refractivity contribution >= 4 is 17.6 Å². The summed E-state index contributed by atoms with van der Waals surface area (Å²) in [6.45, 7) is 8.67. The second kappa shape index (κ2) is 9.51. The molecule has 0 aliphatic heterocycles. The molecule has 7 nitrogen and oxygen atoms in total. The van der Waals surface area contributed by atoms with E-state index in [1.54, 1.807) is 0 Å². The fourth-order valence-electron chi connectivity index (χ4n) is 3.08. The van der Waals surface area contributed by atoms with E-state index < -0.39 is 11.9 Å². The number of carbonyl (C=O) groups excluding carboxylic acids is 2. The minimum atomic E-state index is -0.574. The highest BCUT2D eigenvalue weighted by Gasteiger charge is 2.14. The van der Waals surface area contributed by atoms with E-state index in [9.17, 15) is 14.4 Å². The molecule has 3 amide bonds. The van der Waals surface area contributed by atoms with Gasteiger partial charge in [0.2, 0.25) is 0 Å². The predicted octanol–water partition coefficient (Wildman–Crippen LogP) is 3.97. The first kappa shape index (κ1) is 22.8. The zero-order valence-corrected chi connectivity index (χ0v) is 18.7. The van der Waals surface area contributed by atoms with Gasteiger partial charge in [-0.25, -0.2) is 10.2 Å². The maximum Gasteiger partial charge on any atom is 0.337 e. The highest BCUT2D eigenvalue weighted by atomic mass is 16.2. The summed E-state index contributed by atoms with van der Waals surface area (Å²) in [5.74, 6) is -0.527. The number of rotatable bonds is 4. The summed E-state index contributed by atoms with van der Waals surface area (Å²) in [5.41, 5.74) is 8.58. The summed E-state index contributed by atoms with van der Waals surface area (Å²) in [7, 11) is 0. The number of nitrogens with one attached hydrogen (secondary N) is 3. The van der Waals surface area contributed by atoms with Gasteiger partial charge in [-0.1, -0.05) is 62.7 Å². The Morgan fingerprint density at radius 1 is 0.875 bits per heavy atom. The number of amides is 3. The maximum absolute atomic E-state index is 12.4. The van der Waals surface area contributed by atoms with Crippen molar-refractivity contribution in [3.8, 4) is 0 Å². The lowest BCUT2D eigenvalue weighted by Gasteiger charge is -2.19. The van der Waals surface area contributed by atoms with Crippen LogP contribution in [0.2, 0.25) is 0 Å². The predicted molar refractivity (Wildman–Crippen MR) is 126 cm³/mol. The number of anilines is 1. The van der Waals surface area contributed by atoms with Crippen LogP contribution in [0.15, 0.2) is 71.7 Å². The number of hydrogen-bond donors (Lipinski definition) is 3. The number of aromatic nitrogens is 1. The van der Waals surface area contributed by atoms with Crippen LogP contribution in [0.1, 0.15) is 47.8 Å². The minimum absolute atomic E-state index is 0.0186. The van der Waals surface area contributed by atoms with Crippen molar-refractivity contribution in [1.82, 2.24) is 15.4 Å². The molecule has 0 fully saturated rings. The highest BCUT2D eigenvalue weighted by molar-refractivity contribution is 5.96. The third kappa shape index (κ3) is 6.07. The molecule has 0 aliphatic rings. The van der Waals surface area contributed by atoms with Gasteiger partial charge >= 0.3 is 6.03 Å². The number of carbonyl (C=O) groups is 2. The van der Waals surface area contributed by atoms with Crippen LogP contribution in [0.5, 0.6) is 0 Å². The molecule has 0 saturated carbocycles. The fraction of sp³-hybridized carbons (Fsp3) is 0.240. The Morgan fingerprint density at radius 3 is 2.16 bits per heavy atom. The van der Waals surface area contributed by atoms with E-state index in [4.69, 9.17) is 0 Å². The molecule has 0 bridgehead atoms. The van der Waals surface area contributed by atoms with Gasteiger partial charge in [0.05, 0.1) is 12.1 Å². The van der Waals surface area contributed by atoms with Crippen molar-refractivity contribution in [3.63, 3.8) is 0 Å². The Hall–Kier alpha value is -3.87. The number of hydrazine groups is 1. The Labute approximate surface area is 187 Å². The molecule has 0 radical (unpaired) electrons. The van der Waals surface area contributed by atoms with E-state index >= 15 is 0 Å². The molecular formula is C25H28N4O3. The molecule has 3 rings (SSSR count). The molecular weight excluding hydrogens is 404 g/mol. The Morgan fingerprint density at radius 2 is 1.53 bits per heavy atom. The smallest absolute Gasteiger partial charge is 0.310 e. The van der Waals surface area contributed by atoms with Gasteiger partial charge in [-0.15, -0.1) is 0 Å². The van der Waals surface area contributed by atoms with Crippen LogP contribution in [0.3, 0.4) is 0 Å². The summed E-state index contributed by atoms with van der Waals surface area (Å²) in [5, 5.41) is 2.67. The van der Waals surface area contributed by atoms with E-state index in [0.29, 0.717) is 12.2 Å². The average Bonchev–Trinajstić information content (AvgIpc) is 2.75. The zero-order valence-electron chi connectivity index (χ0n) is 18.7. The number of aryl methyl sites for hydroxylation is 1. The molecule has 0 unspecified atom stereocenters. The topological polar surface area (TPSA) is 92.2 Å². The fourth-order valence-corrected chi connectivity index (χ4v) is 3.08. The Kier molecular flexibility index (Phi) is 6.78. The summed E-state index contributed by atoms with van der Waals surface area (Å²) < 4.78 is 1.45. The third-order valence-corrected chi connectivity index (χ3v) is 5.02. The molecule has 32 heavy (non-hydrogen) atoms. The van der Waals surface area contributed by atoms with Gasteiger partial charge in [0.15, 0.2) is 0 Å². The molecule has 1 heterocycles. The summed E-state index contributed by atoms with van der Waals surface area (Å²) in [6.07, 6.45) is 1.47. The van der Waals surface area contributed by atoms with E-state index in [-0.39, 0.29) is 16.5 Å². The van der Waals surface area contributed by atoms with Gasteiger partial charge in [0.25, 0.3) is 11.5 Å². The van der Waals surface area contributed by atoms with E-state index in [0.717, 1.165) is 16.7 Å². The number of nitrogens with zero attached hydrogens (tertiary/aromatic N) is 1. The summed E-state index contributed by atoms with van der Waals surface area (Å²) >= 11 is 0. The lowest BCUT2D eigenvalue weighted by Crippen LogP contribution is -2.44. The van der Waals surface area contributed by atoms with E-state index in [2.05, 4.69) is 36.9 Å². The van der Waals surface area contributed by atoms with Gasteiger partial charge < -0.3 is 9.88 Å². The van der Waals surface area contributed by atoms with Gasteiger partial charge in [0.1, 0.15) is 0 Å². The van der Waals surface area contributed by atoms with Crippen molar-refractivity contribution in [2.75, 3.05) is 5.32 Å². The monoisotopic (exact) mass is 432 g/mol. The van der Waals surface area contributed by atoms with Crippen LogP contribution in [0.25, 0.3) is 0 Å². The van der Waals surface area contributed by atoms with Crippen LogP contribution < -0.4 is 21.7 Å². The number of urea groups is 1. The van der Waals surface area contributed by atoms with Crippen LogP contribution >= 0.6 is 0 Å². The number of hydrogen-bond acceptors (Lipinski definition) is 3. The number of pyridine rings is 1. The zero-order chi connectivity index (χ0) is 23.3. The molecule has 3 aromatic rings. The molecule has 7 heteroatoms. The molecule has 2 aromatic carbocycles. The molecule has 166 valence electrons. The van der Waals surface area contributed by atoms with Crippen molar-refractivity contribution < 1.29 is 9.59 Å². The molecule has 1 aromatic heterocycles. The molecule has 0 spiro atoms. The van der Waals surface area contributed by atoms with Gasteiger partial charge in [-0.05, 0) is 41.7 Å². The van der Waals surface area contributed by atoms with Crippen molar-refractivity contribution in [2.45, 2.75) is 39.7 Å². The highest BCUT2D eigenvalue weighted by Crippen LogP contribution is 2.23. The van der Waals surface area contributed by atoms with Crippen LogP contribution in [-0.2, 0) is 12.0 Å². The largest absolute Gasteiger partial charge is 0.337 e. The second-order valence-electron chi connectivity index (χ2n) is 8.73. The summed E-state index contributed by atoms with van der Waals surface area (Å²) in [6, 6.07) is 17.5. The van der Waals surface area contributed by atoms with E-state index in [1.807, 2.05) is 55.5 Å². The SMILES string of the molecule is Cc1ccc(Cn2cc(C(=O)NNC(=O)Nc3ccc(C(C)(C)C)cc3)ccc2=O)cc1. The van der Waals surface area contributed by atoms with Gasteiger partial charge in [0, 0.05) is 18.0 Å². The molecule has 3 N–H and O–H groups in total. The summed E-state index contributed by atoms with van der Waals surface area (Å²) in [4.78, 5) is 36.7. The van der Waals surface area contributed by atoms with Gasteiger partial charge in [-0.3, -0.25) is 15.0 Å². The van der Waals surface area contributed by atoms with Crippen LogP contribution in [0.4, 0.5) is 10.5 Å². The average molecular weight is 433 g/mol. The molecule has 0 saturated heterocycles. The first-order chi connectivity index (χ1) is 15.1. The maximum atomic E-state index is 12.4. The molecule has 0 atom stereocenters. The Bertz CT molecular complexity index is 1160. The van der Waals surface area contributed by atoms with Crippen LogP contribution in [0, 0.1) is 6.92 Å².